The average molecular weight is 373 g/mol. The Morgan fingerprint density at radius 1 is 1.32 bits per heavy atom. The summed E-state index contributed by atoms with van der Waals surface area (Å²) in [5, 5.41) is 0. The molecule has 1 aromatic carbocycles. The van der Waals surface area contributed by atoms with Gasteiger partial charge in [0.15, 0.2) is 23.1 Å². The minimum Gasteiger partial charge on any atom is -0.493 e. The number of hydrogen-bond donors (Lipinski definition) is 0. The fourth-order valence-corrected chi connectivity index (χ4v) is 2.54. The van der Waals surface area contributed by atoms with Gasteiger partial charge in [-0.15, -0.1) is 0 Å². The van der Waals surface area contributed by atoms with Crippen LogP contribution in [0.2, 0.25) is 0 Å². The van der Waals surface area contributed by atoms with E-state index in [-0.39, 0.29) is 5.70 Å². The first kappa shape index (κ1) is 13.9. The maximum atomic E-state index is 11.5. The van der Waals surface area contributed by atoms with E-state index in [1.165, 1.54) is 0 Å². The Labute approximate surface area is 124 Å². The lowest BCUT2D eigenvalue weighted by molar-refractivity contribution is -0.130. The van der Waals surface area contributed by atoms with Crippen LogP contribution in [0.5, 0.6) is 11.5 Å². The van der Waals surface area contributed by atoms with Gasteiger partial charge in [-0.25, -0.2) is 9.79 Å². The third kappa shape index (κ3) is 2.89. The average Bonchev–Trinajstić information content (AvgIpc) is 2.67. The fourth-order valence-electron chi connectivity index (χ4n) is 1.69. The topological polar surface area (TPSA) is 57.1 Å². The van der Waals surface area contributed by atoms with Crippen LogP contribution >= 0.6 is 22.6 Å². The Morgan fingerprint density at radius 2 is 2.05 bits per heavy atom. The molecule has 0 amide bonds. The molecule has 0 atom stereocenters. The summed E-state index contributed by atoms with van der Waals surface area (Å²) in [5.74, 6) is 1.18. The highest BCUT2D eigenvalue weighted by atomic mass is 127. The van der Waals surface area contributed by atoms with Crippen molar-refractivity contribution in [1.82, 2.24) is 0 Å². The summed E-state index contributed by atoms with van der Waals surface area (Å²) >= 11 is 2.14. The van der Waals surface area contributed by atoms with Crippen LogP contribution < -0.4 is 9.47 Å². The van der Waals surface area contributed by atoms with Gasteiger partial charge in [-0.2, -0.15) is 0 Å². The smallest absolute Gasteiger partial charge is 0.363 e. The summed E-state index contributed by atoms with van der Waals surface area (Å²) < 4.78 is 16.3. The molecular weight excluding hydrogens is 361 g/mol. The van der Waals surface area contributed by atoms with Crippen LogP contribution in [0, 0.1) is 3.57 Å². The number of methoxy groups -OCH3 is 2. The Balaban J connectivity index is 2.45. The van der Waals surface area contributed by atoms with E-state index in [0.29, 0.717) is 17.4 Å². The van der Waals surface area contributed by atoms with Crippen LogP contribution in [-0.2, 0) is 9.53 Å². The number of aliphatic imine (C=N–C) groups is 1. The van der Waals surface area contributed by atoms with Crippen molar-refractivity contribution in [2.75, 3.05) is 14.2 Å². The van der Waals surface area contributed by atoms with Crippen molar-refractivity contribution in [3.8, 4) is 11.5 Å². The van der Waals surface area contributed by atoms with E-state index in [9.17, 15) is 4.79 Å². The quantitative estimate of drug-likeness (QED) is 0.465. The molecule has 0 aliphatic carbocycles. The van der Waals surface area contributed by atoms with Gasteiger partial charge in [-0.05, 0) is 46.4 Å². The summed E-state index contributed by atoms with van der Waals surface area (Å²) in [7, 11) is 3.15. The molecule has 2 rings (SSSR count). The summed E-state index contributed by atoms with van der Waals surface area (Å²) in [6.45, 7) is 1.64. The van der Waals surface area contributed by atoms with E-state index in [1.807, 2.05) is 6.07 Å². The molecular formula is C13H12INO4. The van der Waals surface area contributed by atoms with Gasteiger partial charge in [-0.1, -0.05) is 0 Å². The minimum atomic E-state index is -0.442. The number of cyclic esters (lactones) is 1. The summed E-state index contributed by atoms with van der Waals surface area (Å²) in [5.41, 5.74) is 1.08. The first-order valence-corrected chi connectivity index (χ1v) is 6.53. The minimum absolute atomic E-state index is 0.278. The molecule has 0 unspecified atom stereocenters. The molecule has 0 spiro atoms. The van der Waals surface area contributed by atoms with Crippen molar-refractivity contribution in [3.05, 3.63) is 27.0 Å². The van der Waals surface area contributed by atoms with Crippen LogP contribution in [0.15, 0.2) is 22.8 Å². The molecule has 0 saturated carbocycles. The van der Waals surface area contributed by atoms with E-state index in [4.69, 9.17) is 14.2 Å². The fraction of sp³-hybridized carbons (Fsp3) is 0.231. The van der Waals surface area contributed by atoms with Gasteiger partial charge in [0.2, 0.25) is 0 Å². The van der Waals surface area contributed by atoms with Crippen molar-refractivity contribution in [2.45, 2.75) is 6.92 Å². The first-order chi connectivity index (χ1) is 9.05. The van der Waals surface area contributed by atoms with E-state index < -0.39 is 5.97 Å². The molecule has 0 saturated heterocycles. The third-order valence-electron chi connectivity index (χ3n) is 2.49. The number of halogens is 1. The predicted molar refractivity (Wildman–Crippen MR) is 79.4 cm³/mol. The molecule has 19 heavy (non-hydrogen) atoms. The lowest BCUT2D eigenvalue weighted by Gasteiger charge is -2.10. The van der Waals surface area contributed by atoms with E-state index >= 15 is 0 Å². The number of hydrogen-bond acceptors (Lipinski definition) is 5. The molecule has 100 valence electrons. The molecule has 1 aliphatic rings. The molecule has 1 heterocycles. The molecule has 0 radical (unpaired) electrons. The van der Waals surface area contributed by atoms with Crippen molar-refractivity contribution in [3.63, 3.8) is 0 Å². The highest BCUT2D eigenvalue weighted by Gasteiger charge is 2.20. The Morgan fingerprint density at radius 3 is 2.58 bits per heavy atom. The van der Waals surface area contributed by atoms with Gasteiger partial charge < -0.3 is 14.2 Å². The largest absolute Gasteiger partial charge is 0.493 e. The van der Waals surface area contributed by atoms with E-state index in [2.05, 4.69) is 27.6 Å². The number of esters is 1. The maximum Gasteiger partial charge on any atom is 0.363 e. The molecule has 0 fully saturated rings. The normalized spacial score (nSPS) is 16.3. The van der Waals surface area contributed by atoms with Crippen LogP contribution in [0.3, 0.4) is 0 Å². The highest BCUT2D eigenvalue weighted by Crippen LogP contribution is 2.34. The van der Waals surface area contributed by atoms with Crippen molar-refractivity contribution in [1.29, 1.82) is 0 Å². The first-order valence-electron chi connectivity index (χ1n) is 5.46. The maximum absolute atomic E-state index is 11.5. The van der Waals surface area contributed by atoms with Gasteiger partial charge >= 0.3 is 5.97 Å². The van der Waals surface area contributed by atoms with Gasteiger partial charge in [-0.3, -0.25) is 0 Å². The lowest BCUT2D eigenvalue weighted by Crippen LogP contribution is -2.00. The zero-order valence-electron chi connectivity index (χ0n) is 10.7. The van der Waals surface area contributed by atoms with Crippen LogP contribution in [0.25, 0.3) is 6.08 Å². The van der Waals surface area contributed by atoms with Crippen LogP contribution in [-0.4, -0.2) is 26.1 Å². The molecule has 0 aromatic heterocycles. The lowest BCUT2D eigenvalue weighted by atomic mass is 10.1. The van der Waals surface area contributed by atoms with Crippen molar-refractivity contribution < 1.29 is 19.0 Å². The van der Waals surface area contributed by atoms with Crippen molar-refractivity contribution >= 4 is 40.5 Å². The van der Waals surface area contributed by atoms with Crippen LogP contribution in [0.1, 0.15) is 12.5 Å². The Bertz CT molecular complexity index is 593. The number of ether oxygens (including phenoxy) is 3. The van der Waals surface area contributed by atoms with Gasteiger partial charge in [0, 0.05) is 6.92 Å². The number of carbonyl (C=O) groups is 1. The zero-order chi connectivity index (χ0) is 14.0. The second kappa shape index (κ2) is 5.60. The molecule has 0 bridgehead atoms. The molecule has 1 aromatic rings. The van der Waals surface area contributed by atoms with Gasteiger partial charge in [0.25, 0.3) is 0 Å². The number of benzene rings is 1. The molecule has 1 aliphatic heterocycles. The molecule has 5 nitrogen and oxygen atoms in total. The number of nitrogens with zero attached hydrogens (tertiary/aromatic N) is 1. The standard InChI is InChI=1S/C13H12INO4/c1-7-15-10(13(16)19-7)5-8-4-9(14)12(18-3)11(6-8)17-2/h4-6H,1-3H3. The zero-order valence-corrected chi connectivity index (χ0v) is 12.8. The number of carbonyl (C=O) groups excluding carboxylic acids is 1. The third-order valence-corrected chi connectivity index (χ3v) is 3.29. The second-order valence-electron chi connectivity index (χ2n) is 3.79. The summed E-state index contributed by atoms with van der Waals surface area (Å²) in [4.78, 5) is 15.5. The van der Waals surface area contributed by atoms with E-state index in [1.54, 1.807) is 33.3 Å². The second-order valence-corrected chi connectivity index (χ2v) is 4.95. The monoisotopic (exact) mass is 373 g/mol. The Hall–Kier alpha value is -1.57. The summed E-state index contributed by atoms with van der Waals surface area (Å²) in [6, 6.07) is 3.66. The van der Waals surface area contributed by atoms with Gasteiger partial charge in [0.05, 0.1) is 17.8 Å². The van der Waals surface area contributed by atoms with E-state index in [0.717, 1.165) is 9.13 Å². The van der Waals surface area contributed by atoms with Gasteiger partial charge in [0.1, 0.15) is 0 Å². The Kier molecular flexibility index (Phi) is 4.08. The predicted octanol–water partition coefficient (Wildman–Crippen LogP) is 2.62. The number of rotatable bonds is 3. The highest BCUT2D eigenvalue weighted by molar-refractivity contribution is 14.1. The van der Waals surface area contributed by atoms with Crippen LogP contribution in [0.4, 0.5) is 0 Å². The summed E-state index contributed by atoms with van der Waals surface area (Å²) in [6.07, 6.45) is 1.66. The molecule has 0 N–H and O–H groups in total. The van der Waals surface area contributed by atoms with Crippen molar-refractivity contribution in [2.24, 2.45) is 4.99 Å². The SMILES string of the molecule is COc1cc(C=C2N=C(C)OC2=O)cc(I)c1OC. The molecule has 6 heteroatoms.